The molecule has 3 nitrogen and oxygen atoms in total. The Balaban J connectivity index is 1.76. The standard InChI is InChI=1S/C20H15N3S/c1-2-8-15(9-3-1)22-18(16-10-6-7-13-21-16)14-20-23-17-11-4-5-12-19(17)24-20/h1-14,22H/b18-14-. The number of nitrogens with one attached hydrogen (secondary N) is 1. The average molecular weight is 329 g/mol. The SMILES string of the molecule is C(=C(/Nc1ccccc1)c1ccccn1)/c1nc2ccccc2s1. The predicted octanol–water partition coefficient (Wildman–Crippen LogP) is 5.30. The zero-order valence-electron chi connectivity index (χ0n) is 12.9. The summed E-state index contributed by atoms with van der Waals surface area (Å²) in [6.07, 6.45) is 3.86. The van der Waals surface area contributed by atoms with E-state index in [9.17, 15) is 0 Å². The molecule has 0 amide bonds. The number of fused-ring (bicyclic) bond motifs is 1. The van der Waals surface area contributed by atoms with E-state index in [4.69, 9.17) is 4.98 Å². The van der Waals surface area contributed by atoms with Crippen LogP contribution in [0, 0.1) is 0 Å². The number of para-hydroxylation sites is 2. The minimum atomic E-state index is 0.889. The molecule has 2 heterocycles. The molecule has 24 heavy (non-hydrogen) atoms. The van der Waals surface area contributed by atoms with Crippen molar-refractivity contribution in [1.82, 2.24) is 9.97 Å². The maximum atomic E-state index is 4.69. The van der Waals surface area contributed by atoms with Crippen LogP contribution in [-0.4, -0.2) is 9.97 Å². The molecule has 0 saturated heterocycles. The van der Waals surface area contributed by atoms with Gasteiger partial charge in [0, 0.05) is 11.9 Å². The third-order valence-corrected chi connectivity index (χ3v) is 4.56. The number of hydrogen-bond acceptors (Lipinski definition) is 4. The first-order valence-corrected chi connectivity index (χ1v) is 8.51. The van der Waals surface area contributed by atoms with E-state index in [1.807, 2.05) is 66.7 Å². The van der Waals surface area contributed by atoms with E-state index in [0.29, 0.717) is 0 Å². The Kier molecular flexibility index (Phi) is 4.04. The summed E-state index contributed by atoms with van der Waals surface area (Å²) in [7, 11) is 0. The van der Waals surface area contributed by atoms with Crippen molar-refractivity contribution in [1.29, 1.82) is 0 Å². The first-order chi connectivity index (χ1) is 11.9. The van der Waals surface area contributed by atoms with Gasteiger partial charge in [0.05, 0.1) is 21.6 Å². The van der Waals surface area contributed by atoms with Gasteiger partial charge in [-0.15, -0.1) is 11.3 Å². The molecule has 0 spiro atoms. The fourth-order valence-electron chi connectivity index (χ4n) is 2.45. The minimum absolute atomic E-state index is 0.889. The van der Waals surface area contributed by atoms with Crippen LogP contribution in [0.5, 0.6) is 0 Å². The lowest BCUT2D eigenvalue weighted by molar-refractivity contribution is 1.27. The van der Waals surface area contributed by atoms with Gasteiger partial charge in [0.15, 0.2) is 0 Å². The van der Waals surface area contributed by atoms with E-state index < -0.39 is 0 Å². The maximum Gasteiger partial charge on any atom is 0.119 e. The van der Waals surface area contributed by atoms with Crippen LogP contribution in [0.1, 0.15) is 10.7 Å². The van der Waals surface area contributed by atoms with Gasteiger partial charge in [-0.1, -0.05) is 36.4 Å². The van der Waals surface area contributed by atoms with Crippen molar-refractivity contribution < 1.29 is 0 Å². The van der Waals surface area contributed by atoms with Crippen LogP contribution in [0.3, 0.4) is 0 Å². The van der Waals surface area contributed by atoms with Gasteiger partial charge in [-0.3, -0.25) is 4.98 Å². The van der Waals surface area contributed by atoms with Gasteiger partial charge >= 0.3 is 0 Å². The molecule has 0 bridgehead atoms. The third kappa shape index (κ3) is 3.19. The van der Waals surface area contributed by atoms with Crippen LogP contribution < -0.4 is 5.32 Å². The Morgan fingerprint density at radius 2 is 1.67 bits per heavy atom. The third-order valence-electron chi connectivity index (χ3n) is 3.57. The predicted molar refractivity (Wildman–Crippen MR) is 102 cm³/mol. The molecule has 1 N–H and O–H groups in total. The first kappa shape index (κ1) is 14.6. The van der Waals surface area contributed by atoms with Crippen molar-refractivity contribution in [3.63, 3.8) is 0 Å². The largest absolute Gasteiger partial charge is 0.354 e. The highest BCUT2D eigenvalue weighted by molar-refractivity contribution is 7.19. The first-order valence-electron chi connectivity index (χ1n) is 7.69. The van der Waals surface area contributed by atoms with Gasteiger partial charge in [0.1, 0.15) is 5.01 Å². The summed E-state index contributed by atoms with van der Waals surface area (Å²) in [4.78, 5) is 9.17. The summed E-state index contributed by atoms with van der Waals surface area (Å²) in [5, 5.41) is 4.41. The Morgan fingerprint density at radius 1 is 0.875 bits per heavy atom. The summed E-state index contributed by atoms with van der Waals surface area (Å²) in [5.41, 5.74) is 3.87. The maximum absolute atomic E-state index is 4.69. The van der Waals surface area contributed by atoms with Crippen LogP contribution in [0.2, 0.25) is 0 Å². The van der Waals surface area contributed by atoms with Crippen LogP contribution in [0.25, 0.3) is 22.0 Å². The Hall–Kier alpha value is -2.98. The van der Waals surface area contributed by atoms with Gasteiger partial charge in [-0.2, -0.15) is 0 Å². The molecule has 0 aliphatic rings. The molecule has 2 aromatic heterocycles. The second-order valence-electron chi connectivity index (χ2n) is 5.28. The van der Waals surface area contributed by atoms with Crippen LogP contribution in [0.15, 0.2) is 79.0 Å². The Morgan fingerprint density at radius 3 is 2.46 bits per heavy atom. The molecular weight excluding hydrogens is 314 g/mol. The second-order valence-corrected chi connectivity index (χ2v) is 6.35. The lowest BCUT2D eigenvalue weighted by Gasteiger charge is -2.10. The number of hydrogen-bond donors (Lipinski definition) is 1. The van der Waals surface area contributed by atoms with Crippen molar-refractivity contribution in [3.8, 4) is 0 Å². The average Bonchev–Trinajstić information content (AvgIpc) is 3.05. The van der Waals surface area contributed by atoms with Gasteiger partial charge in [-0.05, 0) is 42.5 Å². The smallest absolute Gasteiger partial charge is 0.119 e. The normalized spacial score (nSPS) is 11.6. The Labute approximate surface area is 144 Å². The van der Waals surface area contributed by atoms with Crippen LogP contribution in [0.4, 0.5) is 5.69 Å². The monoisotopic (exact) mass is 329 g/mol. The molecule has 0 aliphatic carbocycles. The van der Waals surface area contributed by atoms with E-state index in [2.05, 4.69) is 22.4 Å². The number of rotatable bonds is 4. The van der Waals surface area contributed by atoms with Crippen LogP contribution in [-0.2, 0) is 0 Å². The summed E-state index contributed by atoms with van der Waals surface area (Å²) < 4.78 is 1.18. The van der Waals surface area contributed by atoms with Crippen LogP contribution >= 0.6 is 11.3 Å². The lowest BCUT2D eigenvalue weighted by atomic mass is 10.2. The van der Waals surface area contributed by atoms with E-state index >= 15 is 0 Å². The van der Waals surface area contributed by atoms with Crippen molar-refractivity contribution in [2.45, 2.75) is 0 Å². The van der Waals surface area contributed by atoms with Gasteiger partial charge < -0.3 is 5.32 Å². The highest BCUT2D eigenvalue weighted by atomic mass is 32.1. The van der Waals surface area contributed by atoms with E-state index in [-0.39, 0.29) is 0 Å². The molecule has 0 atom stereocenters. The molecule has 0 fully saturated rings. The number of benzene rings is 2. The topological polar surface area (TPSA) is 37.8 Å². The summed E-state index contributed by atoms with van der Waals surface area (Å²) in [6, 6.07) is 24.2. The van der Waals surface area contributed by atoms with Crippen molar-refractivity contribution in [2.75, 3.05) is 5.32 Å². The lowest BCUT2D eigenvalue weighted by Crippen LogP contribution is -2.00. The minimum Gasteiger partial charge on any atom is -0.354 e. The fourth-order valence-corrected chi connectivity index (χ4v) is 3.36. The van der Waals surface area contributed by atoms with Gasteiger partial charge in [0.25, 0.3) is 0 Å². The molecule has 2 aromatic carbocycles. The zero-order chi connectivity index (χ0) is 16.2. The molecule has 4 aromatic rings. The van der Waals surface area contributed by atoms with Crippen molar-refractivity contribution in [3.05, 3.63) is 89.7 Å². The van der Waals surface area contributed by atoms with E-state index in [0.717, 1.165) is 27.6 Å². The summed E-state index contributed by atoms with van der Waals surface area (Å²) >= 11 is 1.68. The number of aromatic nitrogens is 2. The molecule has 4 rings (SSSR count). The molecular formula is C20H15N3S. The highest BCUT2D eigenvalue weighted by Gasteiger charge is 2.07. The van der Waals surface area contributed by atoms with Crippen molar-refractivity contribution >= 4 is 39.0 Å². The number of thiazole rings is 1. The Bertz CT molecular complexity index is 942. The number of pyridine rings is 1. The molecule has 4 heteroatoms. The number of anilines is 1. The van der Waals surface area contributed by atoms with E-state index in [1.54, 1.807) is 17.5 Å². The van der Waals surface area contributed by atoms with Crippen molar-refractivity contribution in [2.24, 2.45) is 0 Å². The molecule has 0 aliphatic heterocycles. The van der Waals surface area contributed by atoms with E-state index in [1.165, 1.54) is 4.70 Å². The summed E-state index contributed by atoms with van der Waals surface area (Å²) in [5.74, 6) is 0. The fraction of sp³-hybridized carbons (Fsp3) is 0. The zero-order valence-corrected chi connectivity index (χ0v) is 13.7. The van der Waals surface area contributed by atoms with Gasteiger partial charge in [0.2, 0.25) is 0 Å². The number of nitrogens with zero attached hydrogens (tertiary/aromatic N) is 2. The molecule has 0 unspecified atom stereocenters. The van der Waals surface area contributed by atoms with Gasteiger partial charge in [-0.25, -0.2) is 4.98 Å². The molecule has 0 radical (unpaired) electrons. The quantitative estimate of drug-likeness (QED) is 0.552. The highest BCUT2D eigenvalue weighted by Crippen LogP contribution is 2.26. The summed E-state index contributed by atoms with van der Waals surface area (Å²) in [6.45, 7) is 0. The molecule has 116 valence electrons. The molecule has 0 saturated carbocycles. The second kappa shape index (κ2) is 6.64.